The van der Waals surface area contributed by atoms with Gasteiger partial charge in [-0.15, -0.1) is 21.5 Å². The van der Waals surface area contributed by atoms with Crippen LogP contribution in [0, 0.1) is 11.3 Å². The molecule has 18 heavy (non-hydrogen) atoms. The summed E-state index contributed by atoms with van der Waals surface area (Å²) in [7, 11) is 0. The highest BCUT2D eigenvalue weighted by atomic mass is 32.2. The molecule has 0 aliphatic carbocycles. The van der Waals surface area contributed by atoms with Gasteiger partial charge in [0, 0.05) is 0 Å². The molecule has 3 aromatic rings. The lowest BCUT2D eigenvalue weighted by Crippen LogP contribution is -1.95. The van der Waals surface area contributed by atoms with E-state index in [0.29, 0.717) is 11.4 Å². The molecule has 7 heteroatoms. The minimum Gasteiger partial charge on any atom is -0.197 e. The van der Waals surface area contributed by atoms with Crippen LogP contribution in [0.5, 0.6) is 0 Å². The molecule has 0 saturated heterocycles. The monoisotopic (exact) mass is 273 g/mol. The Balaban J connectivity index is 2.08. The first-order valence-electron chi connectivity index (χ1n) is 5.14. The van der Waals surface area contributed by atoms with Crippen molar-refractivity contribution in [1.82, 2.24) is 19.8 Å². The van der Waals surface area contributed by atoms with Crippen LogP contribution in [0.1, 0.15) is 0 Å². The number of nitrogens with zero attached hydrogens (tertiary/aromatic N) is 5. The van der Waals surface area contributed by atoms with Gasteiger partial charge in [-0.05, 0) is 23.6 Å². The maximum atomic E-state index is 8.58. The maximum Gasteiger partial charge on any atom is 0.195 e. The molecule has 0 amide bonds. The van der Waals surface area contributed by atoms with E-state index in [2.05, 4.69) is 21.4 Å². The molecule has 0 saturated carbocycles. The van der Waals surface area contributed by atoms with E-state index < -0.39 is 0 Å². The normalized spacial score (nSPS) is 10.6. The Morgan fingerprint density at radius 3 is 3.06 bits per heavy atom. The van der Waals surface area contributed by atoms with Crippen LogP contribution < -0.4 is 0 Å². The molecular weight excluding hydrogens is 266 g/mol. The summed E-state index contributed by atoms with van der Waals surface area (Å²) in [6, 6.07) is 9.75. The van der Waals surface area contributed by atoms with Gasteiger partial charge in [-0.25, -0.2) is 0 Å². The van der Waals surface area contributed by atoms with Gasteiger partial charge >= 0.3 is 0 Å². The molecule has 3 aromatic heterocycles. The number of thioether (sulfide) groups is 1. The topological polar surface area (TPSA) is 66.9 Å². The van der Waals surface area contributed by atoms with Crippen molar-refractivity contribution in [2.75, 3.05) is 5.75 Å². The first kappa shape index (κ1) is 11.2. The predicted octanol–water partition coefficient (Wildman–Crippen LogP) is 2.47. The molecule has 0 radical (unpaired) electrons. The highest BCUT2D eigenvalue weighted by Crippen LogP contribution is 2.23. The largest absolute Gasteiger partial charge is 0.197 e. The molecule has 0 atom stereocenters. The minimum absolute atomic E-state index is 0.384. The summed E-state index contributed by atoms with van der Waals surface area (Å²) in [5.74, 6) is 1.12. The average Bonchev–Trinajstić information content (AvgIpc) is 3.04. The average molecular weight is 273 g/mol. The van der Waals surface area contributed by atoms with Crippen LogP contribution in [0.4, 0.5) is 0 Å². The second kappa shape index (κ2) is 4.76. The summed E-state index contributed by atoms with van der Waals surface area (Å²) in [6.45, 7) is 0. The first-order valence-corrected chi connectivity index (χ1v) is 7.01. The van der Waals surface area contributed by atoms with Crippen LogP contribution in [-0.4, -0.2) is 25.6 Å². The van der Waals surface area contributed by atoms with Crippen molar-refractivity contribution in [1.29, 1.82) is 5.26 Å². The van der Waals surface area contributed by atoms with E-state index in [-0.39, 0.29) is 0 Å². The third-order valence-corrected chi connectivity index (χ3v) is 3.92. The Bertz CT molecular complexity index is 711. The second-order valence-electron chi connectivity index (χ2n) is 3.39. The molecule has 3 heterocycles. The summed E-state index contributed by atoms with van der Waals surface area (Å²) in [5.41, 5.74) is 0.708. The van der Waals surface area contributed by atoms with Crippen molar-refractivity contribution in [3.63, 3.8) is 0 Å². The number of nitriles is 1. The minimum atomic E-state index is 0.384. The zero-order valence-corrected chi connectivity index (χ0v) is 10.8. The molecule has 0 bridgehead atoms. The van der Waals surface area contributed by atoms with Crippen molar-refractivity contribution >= 4 is 28.7 Å². The molecule has 88 valence electrons. The summed E-state index contributed by atoms with van der Waals surface area (Å²) in [5, 5.41) is 24.0. The number of hydrogen-bond donors (Lipinski definition) is 0. The van der Waals surface area contributed by atoms with Crippen LogP contribution in [0.2, 0.25) is 0 Å². The molecule has 0 unspecified atom stereocenters. The zero-order chi connectivity index (χ0) is 12.4. The van der Waals surface area contributed by atoms with Gasteiger partial charge < -0.3 is 0 Å². The lowest BCUT2D eigenvalue weighted by molar-refractivity contribution is 0.863. The third kappa shape index (κ3) is 1.96. The van der Waals surface area contributed by atoms with Gasteiger partial charge in [-0.3, -0.25) is 0 Å². The fourth-order valence-corrected chi connectivity index (χ4v) is 2.72. The summed E-state index contributed by atoms with van der Waals surface area (Å²) >= 11 is 3.00. The van der Waals surface area contributed by atoms with E-state index >= 15 is 0 Å². The van der Waals surface area contributed by atoms with Crippen molar-refractivity contribution in [2.24, 2.45) is 0 Å². The highest BCUT2D eigenvalue weighted by molar-refractivity contribution is 7.99. The fraction of sp³-hybridized carbons (Fsp3) is 0.0909. The molecule has 0 N–H and O–H groups in total. The lowest BCUT2D eigenvalue weighted by Gasteiger charge is -1.99. The van der Waals surface area contributed by atoms with Gasteiger partial charge in [-0.1, -0.05) is 17.8 Å². The highest BCUT2D eigenvalue weighted by Gasteiger charge is 2.10. The van der Waals surface area contributed by atoms with Crippen molar-refractivity contribution in [2.45, 2.75) is 5.03 Å². The van der Waals surface area contributed by atoms with Crippen LogP contribution in [0.25, 0.3) is 16.3 Å². The van der Waals surface area contributed by atoms with Crippen LogP contribution in [-0.2, 0) is 0 Å². The molecule has 3 rings (SSSR count). The summed E-state index contributed by atoms with van der Waals surface area (Å²) in [4.78, 5) is 1.03. The molecule has 0 aliphatic rings. The van der Waals surface area contributed by atoms with E-state index in [1.54, 1.807) is 15.9 Å². The molecular formula is C11H7N5S2. The van der Waals surface area contributed by atoms with Gasteiger partial charge in [0.1, 0.15) is 5.03 Å². The van der Waals surface area contributed by atoms with Gasteiger partial charge in [0.05, 0.1) is 16.7 Å². The smallest absolute Gasteiger partial charge is 0.195 e. The van der Waals surface area contributed by atoms with Crippen molar-refractivity contribution < 1.29 is 0 Å². The molecule has 0 spiro atoms. The van der Waals surface area contributed by atoms with Crippen LogP contribution in [0.3, 0.4) is 0 Å². The van der Waals surface area contributed by atoms with Crippen LogP contribution >= 0.6 is 23.1 Å². The quantitative estimate of drug-likeness (QED) is 0.686. The van der Waals surface area contributed by atoms with Gasteiger partial charge in [0.15, 0.2) is 11.5 Å². The third-order valence-electron chi connectivity index (χ3n) is 2.26. The van der Waals surface area contributed by atoms with Crippen molar-refractivity contribution in [3.8, 4) is 16.8 Å². The van der Waals surface area contributed by atoms with Gasteiger partial charge in [0.2, 0.25) is 0 Å². The standard InChI is InChI=1S/C11H7N5S2/c12-5-7-18-10-4-3-9-13-14-11(16(9)15-10)8-2-1-6-17-8/h1-4,6H,7H2. The number of fused-ring (bicyclic) bond motifs is 1. The summed E-state index contributed by atoms with van der Waals surface area (Å²) < 4.78 is 1.71. The van der Waals surface area contributed by atoms with Crippen LogP contribution in [0.15, 0.2) is 34.7 Å². The fourth-order valence-electron chi connectivity index (χ4n) is 1.51. The molecule has 0 fully saturated rings. The van der Waals surface area contributed by atoms with E-state index in [0.717, 1.165) is 15.7 Å². The Kier molecular flexibility index (Phi) is 2.96. The SMILES string of the molecule is N#CCSc1ccc2nnc(-c3cccs3)n2n1. The molecule has 5 nitrogen and oxygen atoms in total. The first-order chi connectivity index (χ1) is 8.88. The Labute approximate surface area is 111 Å². The molecule has 0 aromatic carbocycles. The summed E-state index contributed by atoms with van der Waals surface area (Å²) in [6.07, 6.45) is 0. The van der Waals surface area contributed by atoms with Gasteiger partial charge in [-0.2, -0.15) is 14.9 Å². The van der Waals surface area contributed by atoms with E-state index in [1.165, 1.54) is 11.8 Å². The Morgan fingerprint density at radius 2 is 2.28 bits per heavy atom. The van der Waals surface area contributed by atoms with E-state index in [1.807, 2.05) is 29.6 Å². The predicted molar refractivity (Wildman–Crippen MR) is 70.4 cm³/mol. The zero-order valence-electron chi connectivity index (χ0n) is 9.15. The van der Waals surface area contributed by atoms with Crippen molar-refractivity contribution in [3.05, 3.63) is 29.6 Å². The van der Waals surface area contributed by atoms with Gasteiger partial charge in [0.25, 0.3) is 0 Å². The second-order valence-corrected chi connectivity index (χ2v) is 5.33. The number of thiophene rings is 1. The number of hydrogen-bond acceptors (Lipinski definition) is 6. The van der Waals surface area contributed by atoms with E-state index in [4.69, 9.17) is 5.26 Å². The Morgan fingerprint density at radius 1 is 1.33 bits per heavy atom. The van der Waals surface area contributed by atoms with E-state index in [9.17, 15) is 0 Å². The number of rotatable bonds is 3. The molecule has 0 aliphatic heterocycles. The number of aromatic nitrogens is 4. The lowest BCUT2D eigenvalue weighted by atomic mass is 10.4. The Hall–Kier alpha value is -1.91. The maximum absolute atomic E-state index is 8.58.